The number of rotatable bonds is 6. The minimum absolute atomic E-state index is 0.110. The van der Waals surface area contributed by atoms with Crippen molar-refractivity contribution < 1.29 is 13.2 Å². The first kappa shape index (κ1) is 20.2. The molecule has 0 saturated carbocycles. The number of benzene rings is 2. The van der Waals surface area contributed by atoms with Gasteiger partial charge in [-0.05, 0) is 55.0 Å². The second-order valence-corrected chi connectivity index (χ2v) is 8.98. The zero-order chi connectivity index (χ0) is 21.3. The smallest absolute Gasteiger partial charge is 0.266 e. The second kappa shape index (κ2) is 7.97. The van der Waals surface area contributed by atoms with E-state index in [0.717, 1.165) is 5.56 Å². The molecule has 2 aromatic carbocycles. The summed E-state index contributed by atoms with van der Waals surface area (Å²) in [5.41, 5.74) is 1.82. The van der Waals surface area contributed by atoms with E-state index in [4.69, 9.17) is 16.3 Å². The highest BCUT2D eigenvalue weighted by Crippen LogP contribution is 2.29. The van der Waals surface area contributed by atoms with Gasteiger partial charge in [0.1, 0.15) is 16.5 Å². The quantitative estimate of drug-likeness (QED) is 0.449. The number of hydrogen-bond acceptors (Lipinski definition) is 5. The van der Waals surface area contributed by atoms with E-state index in [2.05, 4.69) is 10.2 Å². The lowest BCUT2D eigenvalue weighted by atomic mass is 10.2. The van der Waals surface area contributed by atoms with Gasteiger partial charge in [0.15, 0.2) is 5.65 Å². The van der Waals surface area contributed by atoms with Crippen LogP contribution in [0.1, 0.15) is 11.4 Å². The van der Waals surface area contributed by atoms with Gasteiger partial charge in [-0.1, -0.05) is 29.8 Å². The van der Waals surface area contributed by atoms with Crippen LogP contribution in [0.25, 0.3) is 5.65 Å². The summed E-state index contributed by atoms with van der Waals surface area (Å²) in [6, 6.07) is 17.2. The van der Waals surface area contributed by atoms with Crippen molar-refractivity contribution in [2.75, 3.05) is 11.4 Å². The van der Waals surface area contributed by atoms with Crippen LogP contribution in [0, 0.1) is 6.92 Å². The molecule has 0 aliphatic rings. The molecule has 4 aromatic rings. The number of ether oxygens (including phenoxy) is 1. The van der Waals surface area contributed by atoms with Crippen LogP contribution in [0.3, 0.4) is 0 Å². The van der Waals surface area contributed by atoms with Crippen molar-refractivity contribution in [1.29, 1.82) is 0 Å². The molecule has 2 heterocycles. The minimum atomic E-state index is -3.92. The van der Waals surface area contributed by atoms with Crippen LogP contribution >= 0.6 is 11.6 Å². The summed E-state index contributed by atoms with van der Waals surface area (Å²) in [4.78, 5) is 0.126. The van der Waals surface area contributed by atoms with E-state index < -0.39 is 10.0 Å². The summed E-state index contributed by atoms with van der Waals surface area (Å²) >= 11 is 6.16. The molecule has 30 heavy (non-hydrogen) atoms. The van der Waals surface area contributed by atoms with Gasteiger partial charge in [-0.15, -0.1) is 10.2 Å². The van der Waals surface area contributed by atoms with Crippen LogP contribution in [0.2, 0.25) is 5.02 Å². The number of aryl methyl sites for hydroxylation is 1. The number of aromatic nitrogens is 3. The van der Waals surface area contributed by atoms with E-state index in [-0.39, 0.29) is 11.4 Å². The van der Waals surface area contributed by atoms with Gasteiger partial charge in [-0.3, -0.25) is 8.71 Å². The second-order valence-electron chi connectivity index (χ2n) is 6.68. The monoisotopic (exact) mass is 442 g/mol. The third-order valence-electron chi connectivity index (χ3n) is 4.69. The third-order valence-corrected chi connectivity index (χ3v) is 6.68. The molecule has 0 fully saturated rings. The number of nitrogens with zero attached hydrogens (tertiary/aromatic N) is 4. The molecular weight excluding hydrogens is 424 g/mol. The predicted octanol–water partition coefficient (Wildman–Crippen LogP) is 4.10. The Bertz CT molecular complexity index is 1320. The molecule has 0 radical (unpaired) electrons. The van der Waals surface area contributed by atoms with Gasteiger partial charge in [0.25, 0.3) is 10.0 Å². The van der Waals surface area contributed by atoms with Crippen molar-refractivity contribution in [1.82, 2.24) is 14.6 Å². The van der Waals surface area contributed by atoms with Crippen LogP contribution in [-0.2, 0) is 16.6 Å². The summed E-state index contributed by atoms with van der Waals surface area (Å²) in [5.74, 6) is 1.25. The average Bonchev–Trinajstić information content (AvgIpc) is 3.12. The Morgan fingerprint density at radius 3 is 2.63 bits per heavy atom. The van der Waals surface area contributed by atoms with Crippen LogP contribution in [0.15, 0.2) is 71.8 Å². The lowest BCUT2D eigenvalue weighted by molar-refractivity contribution is 0.414. The Hall–Kier alpha value is -3.10. The largest absolute Gasteiger partial charge is 0.497 e. The summed E-state index contributed by atoms with van der Waals surface area (Å²) in [6.07, 6.45) is 1.53. The van der Waals surface area contributed by atoms with E-state index in [1.807, 2.05) is 18.2 Å². The molecule has 4 rings (SSSR count). The molecule has 9 heteroatoms. The number of sulfonamides is 1. The topological polar surface area (TPSA) is 76.8 Å². The molecular formula is C21H19ClN4O3S. The molecule has 0 N–H and O–H groups in total. The van der Waals surface area contributed by atoms with Gasteiger partial charge in [0.2, 0.25) is 0 Å². The van der Waals surface area contributed by atoms with E-state index in [0.29, 0.717) is 27.9 Å². The van der Waals surface area contributed by atoms with Gasteiger partial charge in [-0.25, -0.2) is 8.42 Å². The Morgan fingerprint density at radius 1 is 1.07 bits per heavy atom. The predicted molar refractivity (Wildman–Crippen MR) is 116 cm³/mol. The lowest BCUT2D eigenvalue weighted by Gasteiger charge is -2.25. The number of hydrogen-bond donors (Lipinski definition) is 0. The van der Waals surface area contributed by atoms with Gasteiger partial charge in [-0.2, -0.15) is 0 Å². The van der Waals surface area contributed by atoms with Crippen LogP contribution in [-0.4, -0.2) is 30.1 Å². The fourth-order valence-electron chi connectivity index (χ4n) is 3.15. The molecule has 0 atom stereocenters. The lowest BCUT2D eigenvalue weighted by Crippen LogP contribution is -2.30. The van der Waals surface area contributed by atoms with Crippen molar-refractivity contribution in [3.05, 3.63) is 83.3 Å². The molecule has 0 bridgehead atoms. The highest BCUT2D eigenvalue weighted by molar-refractivity contribution is 7.92. The van der Waals surface area contributed by atoms with Crippen molar-refractivity contribution in [3.63, 3.8) is 0 Å². The molecule has 7 nitrogen and oxygen atoms in total. The van der Waals surface area contributed by atoms with Gasteiger partial charge < -0.3 is 4.74 Å². The van der Waals surface area contributed by atoms with Crippen LogP contribution in [0.4, 0.5) is 5.69 Å². The molecule has 0 amide bonds. The molecule has 154 valence electrons. The highest BCUT2D eigenvalue weighted by Gasteiger charge is 2.26. The maximum absolute atomic E-state index is 13.7. The summed E-state index contributed by atoms with van der Waals surface area (Å²) in [6.45, 7) is 1.88. The highest BCUT2D eigenvalue weighted by atomic mass is 35.5. The molecule has 0 spiro atoms. The van der Waals surface area contributed by atoms with E-state index in [1.165, 1.54) is 16.6 Å². The van der Waals surface area contributed by atoms with Gasteiger partial charge in [0, 0.05) is 11.2 Å². The van der Waals surface area contributed by atoms with Crippen LogP contribution in [0.5, 0.6) is 5.75 Å². The van der Waals surface area contributed by atoms with E-state index in [9.17, 15) is 8.42 Å². The Balaban J connectivity index is 1.83. The molecule has 0 unspecified atom stereocenters. The maximum atomic E-state index is 13.7. The fourth-order valence-corrected chi connectivity index (χ4v) is 4.78. The number of pyridine rings is 1. The SMILES string of the molecule is COc1cccc(CN(c2cccc(Cl)c2)S(=O)(=O)c2ccc3nnc(C)n3c2)c1. The minimum Gasteiger partial charge on any atom is -0.497 e. The van der Waals surface area contributed by atoms with Crippen molar-refractivity contribution in [2.24, 2.45) is 0 Å². The van der Waals surface area contributed by atoms with Crippen molar-refractivity contribution >= 4 is 33.0 Å². The number of fused-ring (bicyclic) bond motifs is 1. The molecule has 0 aliphatic heterocycles. The van der Waals surface area contributed by atoms with E-state index in [1.54, 1.807) is 54.8 Å². The van der Waals surface area contributed by atoms with Gasteiger partial charge in [0.05, 0.1) is 19.3 Å². The summed E-state index contributed by atoms with van der Waals surface area (Å²) < 4.78 is 35.6. The number of methoxy groups -OCH3 is 1. The first-order valence-corrected chi connectivity index (χ1v) is 10.9. The van der Waals surface area contributed by atoms with E-state index >= 15 is 0 Å². The standard InChI is InChI=1S/C21H19ClN4O3S/c1-15-23-24-21-10-9-20(14-25(15)21)30(27,28)26(18-7-4-6-17(22)12-18)13-16-5-3-8-19(11-16)29-2/h3-12,14H,13H2,1-2H3. The zero-order valence-corrected chi connectivity index (χ0v) is 17.9. The molecule has 0 saturated heterocycles. The van der Waals surface area contributed by atoms with Crippen molar-refractivity contribution in [2.45, 2.75) is 18.4 Å². The molecule has 2 aromatic heterocycles. The average molecular weight is 443 g/mol. The van der Waals surface area contributed by atoms with Crippen LogP contribution < -0.4 is 9.04 Å². The zero-order valence-electron chi connectivity index (χ0n) is 16.4. The summed E-state index contributed by atoms with van der Waals surface area (Å²) in [7, 11) is -2.35. The Kier molecular flexibility index (Phi) is 5.36. The maximum Gasteiger partial charge on any atom is 0.266 e. The Labute approximate surface area is 179 Å². The first-order valence-electron chi connectivity index (χ1n) is 9.11. The van der Waals surface area contributed by atoms with Crippen molar-refractivity contribution in [3.8, 4) is 5.75 Å². The Morgan fingerprint density at radius 2 is 1.87 bits per heavy atom. The van der Waals surface area contributed by atoms with Gasteiger partial charge >= 0.3 is 0 Å². The normalized spacial score (nSPS) is 11.6. The molecule has 0 aliphatic carbocycles. The summed E-state index contributed by atoms with van der Waals surface area (Å²) in [5, 5.41) is 8.46. The number of anilines is 1. The third kappa shape index (κ3) is 3.83. The fraction of sp³-hybridized carbons (Fsp3) is 0.143. The first-order chi connectivity index (χ1) is 14.4. The number of halogens is 1.